The summed E-state index contributed by atoms with van der Waals surface area (Å²) in [6, 6.07) is 7.58. The molecule has 0 unspecified atom stereocenters. The summed E-state index contributed by atoms with van der Waals surface area (Å²) in [7, 11) is 0. The molecule has 1 aliphatic carbocycles. The van der Waals surface area contributed by atoms with Crippen molar-refractivity contribution in [1.29, 1.82) is 0 Å². The van der Waals surface area contributed by atoms with Crippen molar-refractivity contribution in [1.82, 2.24) is 9.97 Å². The van der Waals surface area contributed by atoms with E-state index in [1.54, 1.807) is 0 Å². The SMILES string of the molecule is Cc1ccc(NC2=CC(=O)c3nc[nH]c3C2=O)cc1. The summed E-state index contributed by atoms with van der Waals surface area (Å²) < 4.78 is 0. The molecule has 2 N–H and O–H groups in total. The topological polar surface area (TPSA) is 74.8 Å². The third kappa shape index (κ3) is 1.95. The summed E-state index contributed by atoms with van der Waals surface area (Å²) in [5, 5.41) is 2.96. The van der Waals surface area contributed by atoms with Crippen LogP contribution in [-0.4, -0.2) is 21.5 Å². The van der Waals surface area contributed by atoms with Crippen LogP contribution in [0, 0.1) is 6.92 Å². The second-order valence-corrected chi connectivity index (χ2v) is 4.37. The average Bonchev–Trinajstić information content (AvgIpc) is 2.88. The molecule has 0 amide bonds. The maximum atomic E-state index is 12.1. The van der Waals surface area contributed by atoms with Crippen LogP contribution in [0.4, 0.5) is 5.69 Å². The summed E-state index contributed by atoms with van der Waals surface area (Å²) in [5.74, 6) is -0.530. The Hall–Kier alpha value is -2.69. The molecular weight excluding hydrogens is 242 g/mol. The van der Waals surface area contributed by atoms with Gasteiger partial charge in [-0.25, -0.2) is 4.98 Å². The van der Waals surface area contributed by atoms with Crippen LogP contribution in [0.15, 0.2) is 42.4 Å². The number of anilines is 1. The van der Waals surface area contributed by atoms with E-state index in [2.05, 4.69) is 15.3 Å². The zero-order valence-corrected chi connectivity index (χ0v) is 10.2. The molecule has 1 heterocycles. The molecule has 94 valence electrons. The Morgan fingerprint density at radius 3 is 2.63 bits per heavy atom. The average molecular weight is 253 g/mol. The Morgan fingerprint density at radius 1 is 1.16 bits per heavy atom. The Kier molecular flexibility index (Phi) is 2.52. The van der Waals surface area contributed by atoms with E-state index in [0.717, 1.165) is 11.3 Å². The van der Waals surface area contributed by atoms with Crippen molar-refractivity contribution in [2.45, 2.75) is 6.92 Å². The fourth-order valence-corrected chi connectivity index (χ4v) is 1.94. The number of H-pyrrole nitrogens is 1. The lowest BCUT2D eigenvalue weighted by Crippen LogP contribution is -2.21. The Morgan fingerprint density at radius 2 is 1.89 bits per heavy atom. The molecule has 5 heteroatoms. The van der Waals surface area contributed by atoms with Gasteiger partial charge in [-0.15, -0.1) is 0 Å². The first-order valence-electron chi connectivity index (χ1n) is 5.83. The summed E-state index contributed by atoms with van der Waals surface area (Å²) >= 11 is 0. The highest BCUT2D eigenvalue weighted by atomic mass is 16.1. The lowest BCUT2D eigenvalue weighted by molar-refractivity contribution is 0.0980. The molecule has 0 fully saturated rings. The number of imidazole rings is 1. The molecule has 5 nitrogen and oxygen atoms in total. The maximum Gasteiger partial charge on any atom is 0.227 e. The van der Waals surface area contributed by atoms with E-state index in [9.17, 15) is 9.59 Å². The minimum Gasteiger partial charge on any atom is -0.352 e. The lowest BCUT2D eigenvalue weighted by atomic mass is 10.0. The van der Waals surface area contributed by atoms with E-state index >= 15 is 0 Å². The summed E-state index contributed by atoms with van der Waals surface area (Å²) in [4.78, 5) is 30.5. The van der Waals surface area contributed by atoms with Gasteiger partial charge in [0.2, 0.25) is 11.6 Å². The third-order valence-electron chi connectivity index (χ3n) is 2.95. The first-order chi connectivity index (χ1) is 9.15. The zero-order chi connectivity index (χ0) is 13.4. The van der Waals surface area contributed by atoms with Crippen LogP contribution in [0.25, 0.3) is 0 Å². The molecule has 0 saturated carbocycles. The molecule has 1 aromatic heterocycles. The number of benzene rings is 1. The Balaban J connectivity index is 1.92. The predicted molar refractivity (Wildman–Crippen MR) is 70.1 cm³/mol. The molecule has 3 rings (SSSR count). The normalized spacial score (nSPS) is 14.1. The van der Waals surface area contributed by atoms with Crippen molar-refractivity contribution in [3.63, 3.8) is 0 Å². The summed E-state index contributed by atoms with van der Waals surface area (Å²) in [6.07, 6.45) is 2.63. The number of Topliss-reactive ketones (excluding diaryl/α,β-unsaturated/α-hetero) is 1. The van der Waals surface area contributed by atoms with Crippen LogP contribution in [0.1, 0.15) is 26.5 Å². The number of hydrogen-bond acceptors (Lipinski definition) is 4. The van der Waals surface area contributed by atoms with E-state index in [1.165, 1.54) is 12.4 Å². The van der Waals surface area contributed by atoms with Crippen LogP contribution in [0.5, 0.6) is 0 Å². The van der Waals surface area contributed by atoms with Gasteiger partial charge in [0.1, 0.15) is 11.4 Å². The maximum absolute atomic E-state index is 12.1. The summed E-state index contributed by atoms with van der Waals surface area (Å²) in [5.41, 5.74) is 2.56. The molecule has 1 aromatic carbocycles. The molecule has 0 atom stereocenters. The molecule has 19 heavy (non-hydrogen) atoms. The second kappa shape index (κ2) is 4.20. The number of allylic oxidation sites excluding steroid dienone is 2. The van der Waals surface area contributed by atoms with Gasteiger partial charge in [-0.1, -0.05) is 17.7 Å². The smallest absolute Gasteiger partial charge is 0.227 e. The number of fused-ring (bicyclic) bond motifs is 1. The standard InChI is InChI=1S/C14H11N3O2/c1-8-2-4-9(5-3-8)17-10-6-11(18)12-13(14(10)19)16-7-15-12/h2-7,17H,1H3,(H,15,16). The second-order valence-electron chi connectivity index (χ2n) is 4.37. The fraction of sp³-hybridized carbons (Fsp3) is 0.0714. The minimum absolute atomic E-state index is 0.180. The van der Waals surface area contributed by atoms with Crippen LogP contribution in [0.2, 0.25) is 0 Å². The third-order valence-corrected chi connectivity index (χ3v) is 2.95. The minimum atomic E-state index is -0.273. The number of nitrogens with zero attached hydrogens (tertiary/aromatic N) is 1. The first-order valence-corrected chi connectivity index (χ1v) is 5.83. The highest BCUT2D eigenvalue weighted by Crippen LogP contribution is 2.20. The van der Waals surface area contributed by atoms with Gasteiger partial charge < -0.3 is 10.3 Å². The number of aryl methyl sites for hydroxylation is 1. The van der Waals surface area contributed by atoms with Crippen molar-refractivity contribution >= 4 is 17.3 Å². The predicted octanol–water partition coefficient (Wildman–Crippen LogP) is 2.09. The van der Waals surface area contributed by atoms with Crippen molar-refractivity contribution in [3.05, 3.63) is 59.3 Å². The molecule has 0 bridgehead atoms. The van der Waals surface area contributed by atoms with E-state index in [-0.39, 0.29) is 28.7 Å². The number of aromatic nitrogens is 2. The molecule has 0 saturated heterocycles. The van der Waals surface area contributed by atoms with Gasteiger partial charge in [0.15, 0.2) is 0 Å². The highest BCUT2D eigenvalue weighted by molar-refractivity contribution is 6.23. The van der Waals surface area contributed by atoms with Crippen molar-refractivity contribution in [2.24, 2.45) is 0 Å². The van der Waals surface area contributed by atoms with Gasteiger partial charge in [0, 0.05) is 11.8 Å². The fourth-order valence-electron chi connectivity index (χ4n) is 1.94. The largest absolute Gasteiger partial charge is 0.352 e. The molecule has 2 aromatic rings. The molecule has 0 radical (unpaired) electrons. The monoisotopic (exact) mass is 253 g/mol. The lowest BCUT2D eigenvalue weighted by Gasteiger charge is -2.13. The number of hydrogen-bond donors (Lipinski definition) is 2. The van der Waals surface area contributed by atoms with Crippen LogP contribution in [0.3, 0.4) is 0 Å². The van der Waals surface area contributed by atoms with E-state index in [1.807, 2.05) is 31.2 Å². The van der Waals surface area contributed by atoms with Crippen LogP contribution >= 0.6 is 0 Å². The number of aromatic amines is 1. The van der Waals surface area contributed by atoms with Crippen molar-refractivity contribution in [2.75, 3.05) is 5.32 Å². The molecular formula is C14H11N3O2. The molecule has 0 spiro atoms. The number of ketones is 2. The highest BCUT2D eigenvalue weighted by Gasteiger charge is 2.28. The first kappa shape index (κ1) is 11.4. The molecule has 0 aliphatic heterocycles. The summed E-state index contributed by atoms with van der Waals surface area (Å²) in [6.45, 7) is 1.98. The number of carbonyl (C=O) groups is 2. The number of carbonyl (C=O) groups excluding carboxylic acids is 2. The van der Waals surface area contributed by atoms with E-state index in [0.29, 0.717) is 0 Å². The quantitative estimate of drug-likeness (QED) is 0.859. The molecule has 1 aliphatic rings. The van der Waals surface area contributed by atoms with Crippen LogP contribution < -0.4 is 5.32 Å². The Bertz CT molecular complexity index is 696. The van der Waals surface area contributed by atoms with Gasteiger partial charge in [-0.05, 0) is 19.1 Å². The van der Waals surface area contributed by atoms with Gasteiger partial charge in [-0.3, -0.25) is 9.59 Å². The van der Waals surface area contributed by atoms with Crippen molar-refractivity contribution < 1.29 is 9.59 Å². The number of rotatable bonds is 2. The van der Waals surface area contributed by atoms with Gasteiger partial charge >= 0.3 is 0 Å². The Labute approximate surface area is 109 Å². The van der Waals surface area contributed by atoms with E-state index in [4.69, 9.17) is 0 Å². The van der Waals surface area contributed by atoms with Gasteiger partial charge in [0.05, 0.1) is 12.0 Å². The van der Waals surface area contributed by atoms with Gasteiger partial charge in [-0.2, -0.15) is 0 Å². The zero-order valence-electron chi connectivity index (χ0n) is 10.2. The van der Waals surface area contributed by atoms with E-state index < -0.39 is 0 Å². The van der Waals surface area contributed by atoms with Gasteiger partial charge in [0.25, 0.3) is 0 Å². The van der Waals surface area contributed by atoms with Crippen LogP contribution in [-0.2, 0) is 0 Å². The number of nitrogens with one attached hydrogen (secondary N) is 2. The van der Waals surface area contributed by atoms with Crippen molar-refractivity contribution in [3.8, 4) is 0 Å².